The van der Waals surface area contributed by atoms with Crippen LogP contribution in [0.1, 0.15) is 65.2 Å². The first-order chi connectivity index (χ1) is 16.7. The zero-order valence-electron chi connectivity index (χ0n) is 20.7. The quantitative estimate of drug-likeness (QED) is 0.133. The van der Waals surface area contributed by atoms with Gasteiger partial charge in [0.05, 0.1) is 6.10 Å². The zero-order chi connectivity index (χ0) is 26.4. The van der Waals surface area contributed by atoms with Gasteiger partial charge in [0.1, 0.15) is 0 Å². The van der Waals surface area contributed by atoms with Gasteiger partial charge >= 0.3 is 13.8 Å². The molecule has 8 nitrogen and oxygen atoms in total. The van der Waals surface area contributed by atoms with Crippen LogP contribution in [0, 0.1) is 0 Å². The SMILES string of the molecule is CC/C=C/C/C=C/C/C=C/C/C=C/C/C=C/C/C=C/CCC(=O)N[C@H](C(=O)O)C(C)OP(=O)(O)O. The molecule has 0 fully saturated rings. The molecule has 4 N–H and O–H groups in total. The highest BCUT2D eigenvalue weighted by Gasteiger charge is 2.31. The third-order valence-corrected chi connectivity index (χ3v) is 5.10. The van der Waals surface area contributed by atoms with Crippen molar-refractivity contribution in [3.8, 4) is 0 Å². The van der Waals surface area contributed by atoms with Crippen molar-refractivity contribution in [2.24, 2.45) is 0 Å². The maximum atomic E-state index is 11.9. The van der Waals surface area contributed by atoms with E-state index >= 15 is 0 Å². The number of phosphoric ester groups is 1. The lowest BCUT2D eigenvalue weighted by Crippen LogP contribution is -2.48. The molecule has 196 valence electrons. The number of carboxylic acid groups (broad SMARTS) is 1. The van der Waals surface area contributed by atoms with Crippen LogP contribution in [0.4, 0.5) is 0 Å². The molecular formula is C26H40NO7P. The molecule has 0 aliphatic heterocycles. The van der Waals surface area contributed by atoms with Gasteiger partial charge in [-0.15, -0.1) is 0 Å². The Hall–Kier alpha value is -2.51. The number of phosphoric acid groups is 1. The van der Waals surface area contributed by atoms with Crippen LogP contribution in [-0.2, 0) is 18.7 Å². The van der Waals surface area contributed by atoms with Gasteiger partial charge in [-0.2, -0.15) is 0 Å². The number of hydrogen-bond donors (Lipinski definition) is 4. The van der Waals surface area contributed by atoms with E-state index < -0.39 is 31.8 Å². The first-order valence-corrected chi connectivity index (χ1v) is 13.4. The van der Waals surface area contributed by atoms with E-state index in [9.17, 15) is 14.2 Å². The van der Waals surface area contributed by atoms with Crippen LogP contribution in [0.5, 0.6) is 0 Å². The van der Waals surface area contributed by atoms with Gasteiger partial charge in [-0.1, -0.05) is 79.8 Å². The molecule has 9 heteroatoms. The number of carbonyl (C=O) groups excluding carboxylic acids is 1. The molecule has 2 atom stereocenters. The fourth-order valence-electron chi connectivity index (χ4n) is 2.76. The fraction of sp³-hybridized carbons (Fsp3) is 0.462. The van der Waals surface area contributed by atoms with Crippen LogP contribution in [0.25, 0.3) is 0 Å². The van der Waals surface area contributed by atoms with Crippen LogP contribution in [0.2, 0.25) is 0 Å². The van der Waals surface area contributed by atoms with Crippen LogP contribution < -0.4 is 5.32 Å². The second-order valence-electron chi connectivity index (χ2n) is 7.64. The molecule has 0 aromatic heterocycles. The van der Waals surface area contributed by atoms with Gasteiger partial charge < -0.3 is 20.2 Å². The van der Waals surface area contributed by atoms with E-state index in [0.717, 1.165) is 38.5 Å². The number of nitrogens with one attached hydrogen (secondary N) is 1. The Morgan fingerprint density at radius 1 is 0.800 bits per heavy atom. The Morgan fingerprint density at radius 3 is 1.57 bits per heavy atom. The second kappa shape index (κ2) is 20.8. The molecule has 0 aliphatic carbocycles. The van der Waals surface area contributed by atoms with Crippen molar-refractivity contribution >= 4 is 19.7 Å². The van der Waals surface area contributed by atoms with Crippen molar-refractivity contribution in [2.75, 3.05) is 0 Å². The number of carbonyl (C=O) groups is 2. The van der Waals surface area contributed by atoms with Crippen molar-refractivity contribution in [1.82, 2.24) is 5.32 Å². The maximum Gasteiger partial charge on any atom is 0.469 e. The van der Waals surface area contributed by atoms with E-state index in [1.165, 1.54) is 6.92 Å². The molecule has 0 bridgehead atoms. The maximum absolute atomic E-state index is 11.9. The van der Waals surface area contributed by atoms with Crippen molar-refractivity contribution in [1.29, 1.82) is 0 Å². The lowest BCUT2D eigenvalue weighted by atomic mass is 10.1. The number of hydrogen-bond acceptors (Lipinski definition) is 4. The summed E-state index contributed by atoms with van der Waals surface area (Å²) in [6.07, 6.45) is 29.6. The molecule has 0 rings (SSSR count). The topological polar surface area (TPSA) is 133 Å². The molecule has 35 heavy (non-hydrogen) atoms. The second-order valence-corrected chi connectivity index (χ2v) is 8.83. The van der Waals surface area contributed by atoms with Crippen molar-refractivity contribution in [3.63, 3.8) is 0 Å². The smallest absolute Gasteiger partial charge is 0.469 e. The van der Waals surface area contributed by atoms with Crippen LogP contribution >= 0.6 is 7.82 Å². The lowest BCUT2D eigenvalue weighted by molar-refractivity contribution is -0.144. The molecule has 0 saturated heterocycles. The largest absolute Gasteiger partial charge is 0.480 e. The minimum atomic E-state index is -4.86. The molecule has 1 amide bonds. The van der Waals surface area contributed by atoms with Crippen molar-refractivity contribution < 1.29 is 33.6 Å². The summed E-state index contributed by atoms with van der Waals surface area (Å²) in [4.78, 5) is 40.7. The molecule has 0 heterocycles. The van der Waals surface area contributed by atoms with Gasteiger partial charge in [-0.25, -0.2) is 9.36 Å². The zero-order valence-corrected chi connectivity index (χ0v) is 21.6. The molecule has 0 aromatic rings. The predicted molar refractivity (Wildman–Crippen MR) is 140 cm³/mol. The normalized spacial score (nSPS) is 14.9. The predicted octanol–water partition coefficient (Wildman–Crippen LogP) is 5.53. The van der Waals surface area contributed by atoms with E-state index in [0.29, 0.717) is 6.42 Å². The molecule has 0 radical (unpaired) electrons. The first kappa shape index (κ1) is 32.5. The van der Waals surface area contributed by atoms with E-state index in [1.54, 1.807) is 0 Å². The molecular weight excluding hydrogens is 469 g/mol. The highest BCUT2D eigenvalue weighted by atomic mass is 31.2. The Balaban J connectivity index is 3.99. The van der Waals surface area contributed by atoms with E-state index in [-0.39, 0.29) is 6.42 Å². The Labute approximate surface area is 209 Å². The summed E-state index contributed by atoms with van der Waals surface area (Å²) < 4.78 is 15.2. The van der Waals surface area contributed by atoms with Gasteiger partial charge in [0.25, 0.3) is 0 Å². The number of aliphatic carboxylic acids is 1. The number of carboxylic acids is 1. The summed E-state index contributed by atoms with van der Waals surface area (Å²) in [5.41, 5.74) is 0. The van der Waals surface area contributed by atoms with Gasteiger partial charge in [-0.05, 0) is 51.9 Å². The monoisotopic (exact) mass is 509 g/mol. The fourth-order valence-corrected chi connectivity index (χ4v) is 3.31. The number of amides is 1. The summed E-state index contributed by atoms with van der Waals surface area (Å²) >= 11 is 0. The highest BCUT2D eigenvalue weighted by Crippen LogP contribution is 2.38. The van der Waals surface area contributed by atoms with Crippen LogP contribution in [0.3, 0.4) is 0 Å². The average Bonchev–Trinajstić information content (AvgIpc) is 2.77. The van der Waals surface area contributed by atoms with E-state index in [1.807, 2.05) is 18.2 Å². The van der Waals surface area contributed by atoms with E-state index in [2.05, 4.69) is 71.4 Å². The summed E-state index contributed by atoms with van der Waals surface area (Å²) in [5, 5.41) is 11.4. The summed E-state index contributed by atoms with van der Waals surface area (Å²) in [7, 11) is -4.86. The lowest BCUT2D eigenvalue weighted by Gasteiger charge is -2.21. The Morgan fingerprint density at radius 2 is 1.20 bits per heavy atom. The van der Waals surface area contributed by atoms with Gasteiger partial charge in [0.15, 0.2) is 6.04 Å². The first-order valence-electron chi connectivity index (χ1n) is 11.8. The van der Waals surface area contributed by atoms with Gasteiger partial charge in [0.2, 0.25) is 5.91 Å². The van der Waals surface area contributed by atoms with Gasteiger partial charge in [-0.3, -0.25) is 9.32 Å². The van der Waals surface area contributed by atoms with Gasteiger partial charge in [0, 0.05) is 6.42 Å². The molecule has 0 spiro atoms. The minimum Gasteiger partial charge on any atom is -0.480 e. The molecule has 0 aromatic carbocycles. The third-order valence-electron chi connectivity index (χ3n) is 4.49. The summed E-state index contributed by atoms with van der Waals surface area (Å²) in [6, 6.07) is -1.56. The molecule has 1 unspecified atom stereocenters. The molecule has 0 saturated carbocycles. The third kappa shape index (κ3) is 21.7. The summed E-state index contributed by atoms with van der Waals surface area (Å²) in [5.74, 6) is -1.98. The van der Waals surface area contributed by atoms with Crippen molar-refractivity contribution in [2.45, 2.75) is 77.4 Å². The average molecular weight is 510 g/mol. The van der Waals surface area contributed by atoms with E-state index in [4.69, 9.17) is 14.9 Å². The Kier molecular flexibility index (Phi) is 19.3. The number of rotatable bonds is 19. The van der Waals surface area contributed by atoms with Crippen LogP contribution in [0.15, 0.2) is 72.9 Å². The standard InChI is InChI=1S/C26H40NO7P/c1-3-4-5-6-7-8-9-10-11-12-13-14-15-16-17-18-19-20-21-22-24(28)27-25(26(29)30)23(2)34-35(31,32)33/h4-5,7-8,10-11,13-14,16-17,19-20,23,25H,3,6,9,12,15,18,21-22H2,1-2H3,(H,27,28)(H,29,30)(H2,31,32,33)/b5-4+,8-7+,11-10+,14-13+,17-16+,20-19+/t23?,25-/m0/s1. The van der Waals surface area contributed by atoms with Crippen molar-refractivity contribution in [3.05, 3.63) is 72.9 Å². The minimum absolute atomic E-state index is 0.0502. The highest BCUT2D eigenvalue weighted by molar-refractivity contribution is 7.46. The Bertz CT molecular complexity index is 822. The summed E-state index contributed by atoms with van der Waals surface area (Å²) in [6.45, 7) is 3.30. The van der Waals surface area contributed by atoms with Crippen LogP contribution in [-0.4, -0.2) is 38.9 Å². The molecule has 0 aliphatic rings. The number of allylic oxidation sites excluding steroid dienone is 12.